The van der Waals surface area contributed by atoms with Crippen molar-refractivity contribution in [3.63, 3.8) is 0 Å². The Morgan fingerprint density at radius 2 is 1.86 bits per heavy atom. The van der Waals surface area contributed by atoms with E-state index in [-0.39, 0.29) is 36.8 Å². The number of aromatic nitrogens is 1. The lowest BCUT2D eigenvalue weighted by molar-refractivity contribution is -0.120. The Balaban J connectivity index is 1.44. The first-order valence-corrected chi connectivity index (χ1v) is 14.8. The number of aliphatic imine (C=N–C) groups is 2. The number of rotatable bonds is 5. The number of guanidine groups is 1. The first-order valence-electron chi connectivity index (χ1n) is 12.1. The lowest BCUT2D eigenvalue weighted by Gasteiger charge is -2.30. The number of carbonyl (C=O) groups is 1. The summed E-state index contributed by atoms with van der Waals surface area (Å²) in [4.78, 5) is 27.3. The van der Waals surface area contributed by atoms with Crippen molar-refractivity contribution in [1.29, 1.82) is 0 Å². The molecule has 1 saturated carbocycles. The fourth-order valence-corrected chi connectivity index (χ4v) is 6.97. The van der Waals surface area contributed by atoms with E-state index in [9.17, 15) is 28.5 Å². The van der Waals surface area contributed by atoms with E-state index < -0.39 is 40.1 Å². The highest BCUT2D eigenvalue weighted by Gasteiger charge is 2.43. The van der Waals surface area contributed by atoms with Crippen molar-refractivity contribution in [3.8, 4) is 0 Å². The molecule has 5 atom stereocenters. The second-order valence-corrected chi connectivity index (χ2v) is 12.7. The molecule has 5 rings (SSSR count). The molecule has 1 aromatic heterocycles. The van der Waals surface area contributed by atoms with Crippen molar-refractivity contribution < 1.29 is 28.5 Å². The lowest BCUT2D eigenvalue weighted by atomic mass is 10.0. The Hall–Kier alpha value is -2.49. The molecule has 2 aromatic rings. The highest BCUT2D eigenvalue weighted by atomic mass is 32.2. The van der Waals surface area contributed by atoms with E-state index >= 15 is 0 Å². The second kappa shape index (κ2) is 10.3. The Morgan fingerprint density at radius 3 is 2.51 bits per heavy atom. The van der Waals surface area contributed by atoms with Gasteiger partial charge in [0.1, 0.15) is 22.9 Å². The van der Waals surface area contributed by atoms with Crippen LogP contribution in [0.1, 0.15) is 30.2 Å². The van der Waals surface area contributed by atoms with Gasteiger partial charge in [0.2, 0.25) is 21.9 Å². The van der Waals surface area contributed by atoms with Crippen LogP contribution in [-0.4, -0.2) is 101 Å². The summed E-state index contributed by atoms with van der Waals surface area (Å²) in [7, 11) is -3.27. The number of hydrogen-bond donors (Lipinski definition) is 5. The molecule has 12 nitrogen and oxygen atoms in total. The number of sulfonamides is 1. The van der Waals surface area contributed by atoms with Crippen molar-refractivity contribution in [3.05, 3.63) is 29.3 Å². The van der Waals surface area contributed by atoms with Gasteiger partial charge in [-0.2, -0.15) is 0 Å². The van der Waals surface area contributed by atoms with Crippen molar-refractivity contribution in [2.24, 2.45) is 15.9 Å². The highest BCUT2D eigenvalue weighted by Crippen LogP contribution is 2.33. The number of piperidine rings is 1. The topological polar surface area (TPSA) is 177 Å². The molecular weight excluding hydrogens is 520 g/mol. The van der Waals surface area contributed by atoms with Crippen molar-refractivity contribution >= 4 is 49.3 Å². The molecule has 1 amide bonds. The summed E-state index contributed by atoms with van der Waals surface area (Å²) < 4.78 is 25.9. The summed E-state index contributed by atoms with van der Waals surface area (Å²) in [5.41, 5.74) is 0.753. The van der Waals surface area contributed by atoms with Crippen LogP contribution < -0.4 is 10.6 Å². The van der Waals surface area contributed by atoms with E-state index in [1.807, 2.05) is 24.3 Å². The average Bonchev–Trinajstić information content (AvgIpc) is 3.39. The van der Waals surface area contributed by atoms with Crippen molar-refractivity contribution in [1.82, 2.24) is 19.9 Å². The number of amides is 1. The third-order valence-corrected chi connectivity index (χ3v) is 9.50. The van der Waals surface area contributed by atoms with E-state index in [0.29, 0.717) is 30.9 Å². The number of nitrogens with zero attached hydrogens (tertiary/aromatic N) is 4. The second-order valence-electron chi connectivity index (χ2n) is 9.68. The Morgan fingerprint density at radius 1 is 1.14 bits per heavy atom. The summed E-state index contributed by atoms with van der Waals surface area (Å²) in [5, 5.41) is 36.8. The molecule has 37 heavy (non-hydrogen) atoms. The van der Waals surface area contributed by atoms with Gasteiger partial charge in [-0.1, -0.05) is 12.1 Å². The molecule has 0 bridgehead atoms. The molecule has 5 N–H and O–H groups in total. The van der Waals surface area contributed by atoms with Gasteiger partial charge in [-0.05, 0) is 31.4 Å². The minimum Gasteiger partial charge on any atom is -0.396 e. The van der Waals surface area contributed by atoms with Crippen molar-refractivity contribution in [2.75, 3.05) is 26.0 Å². The summed E-state index contributed by atoms with van der Waals surface area (Å²) in [5.74, 6) is -1.32. The predicted molar refractivity (Wildman–Crippen MR) is 139 cm³/mol. The Labute approximate surface area is 218 Å². The number of aliphatic hydroxyl groups is 3. The van der Waals surface area contributed by atoms with Gasteiger partial charge in [-0.25, -0.2) is 22.7 Å². The zero-order chi connectivity index (χ0) is 26.3. The normalized spacial score (nSPS) is 32.2. The molecule has 200 valence electrons. The zero-order valence-corrected chi connectivity index (χ0v) is 21.8. The standard InChI is InChI=1S/C23H30N6O6S2/c1-37(34,35)29-8-6-13(7-9-29)24-23-27-20(25-15-10-12(11-30)18(31)19(15)32)17(21(33)28-23)22-26-14-4-2-3-5-16(14)36-22/h2-5,12-13,15,17-19,30-32H,6-11H2,1H3,(H2,24,25,27,28,33)/t12-,15-,17?,18-,19+/m1/s1. The first-order chi connectivity index (χ1) is 17.6. The predicted octanol–water partition coefficient (Wildman–Crippen LogP) is -0.620. The number of amidine groups is 1. The first kappa shape index (κ1) is 26.1. The molecule has 2 saturated heterocycles. The van der Waals surface area contributed by atoms with Crippen molar-refractivity contribution in [2.45, 2.75) is 49.5 Å². The SMILES string of the molecule is CS(=O)(=O)N1CCC(N=C2NC(=O)C(c3nc4ccccc4s3)C(=N[C@@H]3C[C@H](CO)[C@@H](O)[C@H]3O)N2)CC1. The van der Waals surface area contributed by atoms with Crippen LogP contribution in [-0.2, 0) is 14.8 Å². The molecule has 3 heterocycles. The number of nitrogens with one attached hydrogen (secondary N) is 2. The monoisotopic (exact) mass is 550 g/mol. The van der Waals surface area contributed by atoms with Crippen LogP contribution in [0.15, 0.2) is 34.3 Å². The minimum atomic E-state index is -3.27. The molecule has 1 unspecified atom stereocenters. The van der Waals surface area contributed by atoms with Gasteiger partial charge in [-0.15, -0.1) is 11.3 Å². The molecule has 1 aromatic carbocycles. The van der Waals surface area contributed by atoms with E-state index in [4.69, 9.17) is 0 Å². The third kappa shape index (κ3) is 5.40. The highest BCUT2D eigenvalue weighted by molar-refractivity contribution is 7.88. The largest absolute Gasteiger partial charge is 0.396 e. The van der Waals surface area contributed by atoms with Crippen LogP contribution in [0.4, 0.5) is 0 Å². The molecule has 2 aliphatic heterocycles. The Kier molecular flexibility index (Phi) is 7.31. The molecule has 3 fully saturated rings. The minimum absolute atomic E-state index is 0.196. The molecule has 0 radical (unpaired) electrons. The lowest BCUT2D eigenvalue weighted by Crippen LogP contribution is -2.56. The number of fused-ring (bicyclic) bond motifs is 1. The molecule has 14 heteroatoms. The molecular formula is C23H30N6O6S2. The van der Waals surface area contributed by atoms with Crippen LogP contribution in [0.5, 0.6) is 0 Å². The number of para-hydroxylation sites is 1. The van der Waals surface area contributed by atoms with E-state index in [2.05, 4.69) is 25.6 Å². The van der Waals surface area contributed by atoms with Gasteiger partial charge in [0.05, 0.1) is 34.7 Å². The number of thiazole rings is 1. The molecule has 1 aliphatic carbocycles. The molecule has 0 spiro atoms. The van der Waals surface area contributed by atoms with Gasteiger partial charge < -0.3 is 20.6 Å². The number of hydrogen-bond acceptors (Lipinski definition) is 10. The quantitative estimate of drug-likeness (QED) is 0.327. The fourth-order valence-electron chi connectivity index (χ4n) is 5.02. The molecule has 3 aliphatic rings. The van der Waals surface area contributed by atoms with Crippen LogP contribution in [0, 0.1) is 5.92 Å². The van der Waals surface area contributed by atoms with Crippen LogP contribution in [0.3, 0.4) is 0 Å². The maximum Gasteiger partial charge on any atom is 0.244 e. The van der Waals surface area contributed by atoms with E-state index in [1.165, 1.54) is 21.9 Å². The summed E-state index contributed by atoms with van der Waals surface area (Å²) >= 11 is 1.37. The maximum absolute atomic E-state index is 13.4. The third-order valence-electron chi connectivity index (χ3n) is 7.10. The summed E-state index contributed by atoms with van der Waals surface area (Å²) in [6, 6.07) is 6.61. The Bertz CT molecular complexity index is 1300. The van der Waals surface area contributed by atoms with Gasteiger partial charge in [0.25, 0.3) is 0 Å². The van der Waals surface area contributed by atoms with Gasteiger partial charge in [0, 0.05) is 25.6 Å². The maximum atomic E-state index is 13.4. The summed E-state index contributed by atoms with van der Waals surface area (Å²) in [6.45, 7) is 0.407. The average molecular weight is 551 g/mol. The van der Waals surface area contributed by atoms with Crippen LogP contribution in [0.25, 0.3) is 10.2 Å². The zero-order valence-electron chi connectivity index (χ0n) is 20.2. The number of carbonyl (C=O) groups excluding carboxylic acids is 1. The van der Waals surface area contributed by atoms with Crippen LogP contribution in [0.2, 0.25) is 0 Å². The smallest absolute Gasteiger partial charge is 0.244 e. The van der Waals surface area contributed by atoms with Gasteiger partial charge in [0.15, 0.2) is 0 Å². The fraction of sp³-hybridized carbons (Fsp3) is 0.565. The van der Waals surface area contributed by atoms with Crippen LogP contribution >= 0.6 is 11.3 Å². The van der Waals surface area contributed by atoms with Gasteiger partial charge in [-0.3, -0.25) is 15.1 Å². The number of benzene rings is 1. The number of aliphatic hydroxyl groups excluding tert-OH is 3. The van der Waals surface area contributed by atoms with Gasteiger partial charge >= 0.3 is 0 Å². The van der Waals surface area contributed by atoms with E-state index in [1.54, 1.807) is 0 Å². The van der Waals surface area contributed by atoms with E-state index in [0.717, 1.165) is 10.2 Å². The summed E-state index contributed by atoms with van der Waals surface area (Å²) in [6.07, 6.45) is 0.150.